The van der Waals surface area contributed by atoms with Gasteiger partial charge in [0.25, 0.3) is 0 Å². The van der Waals surface area contributed by atoms with Gasteiger partial charge in [0, 0.05) is 38.0 Å². The molecule has 1 fully saturated rings. The number of rotatable bonds is 2. The van der Waals surface area contributed by atoms with Gasteiger partial charge in [-0.05, 0) is 30.9 Å². The molecule has 0 aliphatic carbocycles. The first-order chi connectivity index (χ1) is 12.9. The van der Waals surface area contributed by atoms with Crippen molar-refractivity contribution in [1.29, 1.82) is 0 Å². The highest BCUT2D eigenvalue weighted by Gasteiger charge is 2.28. The van der Waals surface area contributed by atoms with Crippen LogP contribution in [0.1, 0.15) is 42.7 Å². The molecular weight excluding hydrogens is 362 g/mol. The summed E-state index contributed by atoms with van der Waals surface area (Å²) in [7, 11) is 1.84. The molecule has 2 amide bonds. The van der Waals surface area contributed by atoms with E-state index in [2.05, 4.69) is 6.92 Å². The molecule has 1 aromatic heterocycles. The monoisotopic (exact) mass is 385 g/mol. The van der Waals surface area contributed by atoms with Crippen LogP contribution in [0.3, 0.4) is 0 Å². The van der Waals surface area contributed by atoms with Crippen molar-refractivity contribution in [3.8, 4) is 0 Å². The van der Waals surface area contributed by atoms with E-state index in [0.29, 0.717) is 18.9 Å². The van der Waals surface area contributed by atoms with Crippen LogP contribution in [0, 0.1) is 5.92 Å². The van der Waals surface area contributed by atoms with Crippen LogP contribution < -0.4 is 0 Å². The van der Waals surface area contributed by atoms with Crippen molar-refractivity contribution in [3.63, 3.8) is 0 Å². The molecule has 6 nitrogen and oxygen atoms in total. The number of fused-ring (bicyclic) bond motifs is 1. The SMILES string of the molecule is C[C@H]1CC=C(c2ccc3sc(C4CCN(C)C(=O)C4)nc3c2)N(C(=O)O)C1. The summed E-state index contributed by atoms with van der Waals surface area (Å²) in [6.07, 6.45) is 3.41. The van der Waals surface area contributed by atoms with Crippen molar-refractivity contribution in [1.82, 2.24) is 14.8 Å². The number of piperidine rings is 1. The maximum atomic E-state index is 12.0. The number of amides is 2. The van der Waals surface area contributed by atoms with Gasteiger partial charge in [-0.3, -0.25) is 9.69 Å². The van der Waals surface area contributed by atoms with Gasteiger partial charge in [0.15, 0.2) is 0 Å². The third-order valence-electron chi connectivity index (χ3n) is 5.44. The van der Waals surface area contributed by atoms with Crippen LogP contribution in [0.15, 0.2) is 24.3 Å². The van der Waals surface area contributed by atoms with Gasteiger partial charge < -0.3 is 10.0 Å². The first-order valence-electron chi connectivity index (χ1n) is 9.28. The van der Waals surface area contributed by atoms with E-state index in [1.807, 2.05) is 31.3 Å². The molecule has 7 heteroatoms. The normalized spacial score (nSPS) is 23.6. The zero-order chi connectivity index (χ0) is 19.1. The summed E-state index contributed by atoms with van der Waals surface area (Å²) in [6.45, 7) is 3.34. The van der Waals surface area contributed by atoms with Crippen LogP contribution in [0.4, 0.5) is 4.79 Å². The first kappa shape index (κ1) is 18.0. The van der Waals surface area contributed by atoms with E-state index in [1.165, 1.54) is 4.90 Å². The largest absolute Gasteiger partial charge is 0.465 e. The topological polar surface area (TPSA) is 73.7 Å². The van der Waals surface area contributed by atoms with Gasteiger partial charge in [-0.15, -0.1) is 11.3 Å². The summed E-state index contributed by atoms with van der Waals surface area (Å²) in [4.78, 5) is 31.7. The van der Waals surface area contributed by atoms with Crippen LogP contribution >= 0.6 is 11.3 Å². The summed E-state index contributed by atoms with van der Waals surface area (Å²) < 4.78 is 1.08. The second-order valence-electron chi connectivity index (χ2n) is 7.56. The average Bonchev–Trinajstić information content (AvgIpc) is 3.07. The number of carboxylic acid groups (broad SMARTS) is 1. The molecule has 27 heavy (non-hydrogen) atoms. The van der Waals surface area contributed by atoms with Crippen LogP contribution in [0.2, 0.25) is 0 Å². The number of carbonyl (C=O) groups is 2. The Balaban J connectivity index is 1.65. The lowest BCUT2D eigenvalue weighted by Gasteiger charge is -2.29. The quantitative estimate of drug-likeness (QED) is 0.848. The fourth-order valence-corrected chi connectivity index (χ4v) is 4.88. The van der Waals surface area contributed by atoms with E-state index in [1.54, 1.807) is 16.2 Å². The van der Waals surface area contributed by atoms with Crippen molar-refractivity contribution >= 4 is 39.3 Å². The van der Waals surface area contributed by atoms with Crippen molar-refractivity contribution in [2.75, 3.05) is 20.1 Å². The molecule has 1 saturated heterocycles. The molecule has 0 spiro atoms. The highest BCUT2D eigenvalue weighted by atomic mass is 32.1. The Morgan fingerprint density at radius 3 is 2.93 bits per heavy atom. The Morgan fingerprint density at radius 1 is 1.37 bits per heavy atom. The van der Waals surface area contributed by atoms with Crippen molar-refractivity contribution in [2.45, 2.75) is 32.1 Å². The van der Waals surface area contributed by atoms with E-state index in [0.717, 1.165) is 45.9 Å². The third kappa shape index (κ3) is 3.43. The molecule has 0 bridgehead atoms. The number of aromatic nitrogens is 1. The number of carbonyl (C=O) groups excluding carboxylic acids is 1. The third-order valence-corrected chi connectivity index (χ3v) is 6.64. The molecule has 142 valence electrons. The van der Waals surface area contributed by atoms with Gasteiger partial charge in [-0.2, -0.15) is 0 Å². The molecule has 2 aliphatic rings. The smallest absolute Gasteiger partial charge is 0.411 e. The maximum Gasteiger partial charge on any atom is 0.411 e. The Bertz CT molecular complexity index is 936. The second-order valence-corrected chi connectivity index (χ2v) is 8.63. The van der Waals surface area contributed by atoms with E-state index in [-0.39, 0.29) is 11.8 Å². The summed E-state index contributed by atoms with van der Waals surface area (Å²) in [5.41, 5.74) is 2.50. The van der Waals surface area contributed by atoms with E-state index in [4.69, 9.17) is 4.98 Å². The van der Waals surface area contributed by atoms with Crippen molar-refractivity contribution < 1.29 is 14.7 Å². The van der Waals surface area contributed by atoms with Gasteiger partial charge in [0.1, 0.15) is 0 Å². The molecule has 2 atom stereocenters. The van der Waals surface area contributed by atoms with Crippen LogP contribution in [-0.4, -0.2) is 52.0 Å². The lowest BCUT2D eigenvalue weighted by molar-refractivity contribution is -0.132. The summed E-state index contributed by atoms with van der Waals surface area (Å²) in [6, 6.07) is 5.97. The molecular formula is C20H23N3O3S. The average molecular weight is 385 g/mol. The minimum Gasteiger partial charge on any atom is -0.465 e. The number of hydrogen-bond acceptors (Lipinski definition) is 4. The highest BCUT2D eigenvalue weighted by Crippen LogP contribution is 2.36. The van der Waals surface area contributed by atoms with Crippen LogP contribution in [0.5, 0.6) is 0 Å². The fourth-order valence-electron chi connectivity index (χ4n) is 3.80. The lowest BCUT2D eigenvalue weighted by atomic mass is 9.97. The molecule has 4 rings (SSSR count). The number of thiazole rings is 1. The Hall–Kier alpha value is -2.41. The number of allylic oxidation sites excluding steroid dienone is 1. The van der Waals surface area contributed by atoms with Gasteiger partial charge in [0.05, 0.1) is 20.9 Å². The van der Waals surface area contributed by atoms with E-state index in [9.17, 15) is 14.7 Å². The van der Waals surface area contributed by atoms with Gasteiger partial charge >= 0.3 is 6.09 Å². The molecule has 2 aromatic rings. The molecule has 2 aliphatic heterocycles. The van der Waals surface area contributed by atoms with Crippen LogP contribution in [0.25, 0.3) is 15.9 Å². The number of hydrogen-bond donors (Lipinski definition) is 1. The Morgan fingerprint density at radius 2 is 2.19 bits per heavy atom. The predicted octanol–water partition coefficient (Wildman–Crippen LogP) is 3.99. The summed E-state index contributed by atoms with van der Waals surface area (Å²) in [5.74, 6) is 0.672. The fraction of sp³-hybridized carbons (Fsp3) is 0.450. The van der Waals surface area contributed by atoms with E-state index >= 15 is 0 Å². The summed E-state index contributed by atoms with van der Waals surface area (Å²) >= 11 is 1.64. The minimum absolute atomic E-state index is 0.171. The zero-order valence-corrected chi connectivity index (χ0v) is 16.3. The Kier molecular flexibility index (Phi) is 4.63. The summed E-state index contributed by atoms with van der Waals surface area (Å²) in [5, 5.41) is 10.6. The standard InChI is InChI=1S/C20H23N3O3S/c1-12-3-5-16(23(11-12)20(25)26)13-4-6-17-15(9-13)21-19(27-17)14-7-8-22(2)18(24)10-14/h4-6,9,12,14H,3,7-8,10-11H2,1-2H3,(H,25,26)/t12-,14?/m0/s1. The molecule has 1 aromatic carbocycles. The molecule has 0 radical (unpaired) electrons. The van der Waals surface area contributed by atoms with Crippen molar-refractivity contribution in [3.05, 3.63) is 34.8 Å². The van der Waals surface area contributed by atoms with Gasteiger partial charge in [0.2, 0.25) is 5.91 Å². The lowest BCUT2D eigenvalue weighted by Crippen LogP contribution is -2.34. The van der Waals surface area contributed by atoms with Gasteiger partial charge in [-0.25, -0.2) is 9.78 Å². The minimum atomic E-state index is -0.920. The number of benzene rings is 1. The number of nitrogens with zero attached hydrogens (tertiary/aromatic N) is 3. The second kappa shape index (κ2) is 6.96. The maximum absolute atomic E-state index is 12.0. The molecule has 3 heterocycles. The molecule has 1 N–H and O–H groups in total. The van der Waals surface area contributed by atoms with Gasteiger partial charge in [-0.1, -0.05) is 19.1 Å². The molecule has 0 saturated carbocycles. The van der Waals surface area contributed by atoms with E-state index < -0.39 is 6.09 Å². The Labute approximate surface area is 162 Å². The van der Waals surface area contributed by atoms with Crippen molar-refractivity contribution in [2.24, 2.45) is 5.92 Å². The number of likely N-dealkylation sites (tertiary alicyclic amines) is 1. The first-order valence-corrected chi connectivity index (χ1v) is 10.1. The highest BCUT2D eigenvalue weighted by molar-refractivity contribution is 7.18. The van der Waals surface area contributed by atoms with Crippen LogP contribution in [-0.2, 0) is 4.79 Å². The zero-order valence-electron chi connectivity index (χ0n) is 15.5. The predicted molar refractivity (Wildman–Crippen MR) is 106 cm³/mol. The molecule has 1 unspecified atom stereocenters.